The Morgan fingerprint density at radius 3 is 2.86 bits per heavy atom. The third kappa shape index (κ3) is 2.07. The molecule has 74 valence electrons. The van der Waals surface area contributed by atoms with Crippen LogP contribution in [-0.4, -0.2) is 15.8 Å². The Kier molecular flexibility index (Phi) is 3.03. The summed E-state index contributed by atoms with van der Waals surface area (Å²) >= 11 is 3.45. The molecule has 0 aliphatic rings. The van der Waals surface area contributed by atoms with Crippen molar-refractivity contribution in [2.75, 3.05) is 6.26 Å². The zero-order chi connectivity index (χ0) is 9.97. The molecule has 0 aliphatic carbocycles. The Labute approximate surface area is 91.5 Å². The second-order valence-electron chi connectivity index (χ2n) is 2.87. The van der Waals surface area contributed by atoms with Crippen molar-refractivity contribution in [1.82, 2.24) is 4.98 Å². The van der Waals surface area contributed by atoms with Gasteiger partial charge in [0.1, 0.15) is 5.52 Å². The molecule has 14 heavy (non-hydrogen) atoms. The van der Waals surface area contributed by atoms with E-state index < -0.39 is 0 Å². The van der Waals surface area contributed by atoms with E-state index in [1.54, 1.807) is 23.5 Å². The molecule has 1 heterocycles. The molecule has 1 aromatic heterocycles. The highest BCUT2D eigenvalue weighted by Crippen LogP contribution is 2.30. The summed E-state index contributed by atoms with van der Waals surface area (Å²) in [7, 11) is 0. The molecular weight excluding hydrogens is 214 g/mol. The van der Waals surface area contributed by atoms with Gasteiger partial charge in [-0.1, -0.05) is 23.9 Å². The first kappa shape index (κ1) is 9.93. The molecule has 4 heteroatoms. The van der Waals surface area contributed by atoms with Crippen LogP contribution in [0.2, 0.25) is 0 Å². The fraction of sp³-hybridized carbons (Fsp3) is 0.300. The molecule has 2 aromatic rings. The van der Waals surface area contributed by atoms with Gasteiger partial charge in [-0.2, -0.15) is 11.8 Å². The van der Waals surface area contributed by atoms with Crippen molar-refractivity contribution in [3.63, 3.8) is 0 Å². The van der Waals surface area contributed by atoms with Crippen LogP contribution in [0.3, 0.4) is 0 Å². The van der Waals surface area contributed by atoms with Gasteiger partial charge in [0.05, 0.1) is 4.58 Å². The smallest absolute Gasteiger partial charge is 0.257 e. The summed E-state index contributed by atoms with van der Waals surface area (Å²) in [6.45, 7) is 2.14. The lowest BCUT2D eigenvalue weighted by Gasteiger charge is -2.01. The van der Waals surface area contributed by atoms with Gasteiger partial charge in [0.25, 0.3) is 5.22 Å². The quantitative estimate of drug-likeness (QED) is 0.588. The Bertz CT molecular complexity index is 394. The standard InChI is InChI=1S/C10H11NOS2/c1-7(13-2)14-10-11-8-5-3-4-6-9(8)12-10/h3-7H,1-2H3. The van der Waals surface area contributed by atoms with Crippen LogP contribution in [0.25, 0.3) is 11.1 Å². The molecular formula is C10H11NOS2. The van der Waals surface area contributed by atoms with Crippen LogP contribution in [0.1, 0.15) is 6.92 Å². The van der Waals surface area contributed by atoms with E-state index in [4.69, 9.17) is 4.42 Å². The molecule has 2 nitrogen and oxygen atoms in total. The average Bonchev–Trinajstić information content (AvgIpc) is 2.59. The van der Waals surface area contributed by atoms with Gasteiger partial charge < -0.3 is 4.42 Å². The molecule has 0 saturated heterocycles. The fourth-order valence-corrected chi connectivity index (χ4v) is 2.30. The van der Waals surface area contributed by atoms with Gasteiger partial charge in [0, 0.05) is 0 Å². The van der Waals surface area contributed by atoms with Gasteiger partial charge in [-0.15, -0.1) is 0 Å². The summed E-state index contributed by atoms with van der Waals surface area (Å²) in [5.74, 6) is 0. The molecule has 0 saturated carbocycles. The molecule has 1 aromatic carbocycles. The van der Waals surface area contributed by atoms with E-state index in [0.717, 1.165) is 16.3 Å². The number of para-hydroxylation sites is 2. The first-order chi connectivity index (χ1) is 6.79. The first-order valence-corrected chi connectivity index (χ1v) is 6.51. The van der Waals surface area contributed by atoms with Crippen molar-refractivity contribution in [3.05, 3.63) is 24.3 Å². The highest BCUT2D eigenvalue weighted by atomic mass is 32.2. The monoisotopic (exact) mass is 225 g/mol. The third-order valence-corrected chi connectivity index (χ3v) is 4.11. The maximum Gasteiger partial charge on any atom is 0.257 e. The Morgan fingerprint density at radius 2 is 2.14 bits per heavy atom. The normalized spacial score (nSPS) is 13.3. The molecule has 0 radical (unpaired) electrons. The number of benzene rings is 1. The lowest BCUT2D eigenvalue weighted by Crippen LogP contribution is -1.85. The second-order valence-corrected chi connectivity index (χ2v) is 5.64. The van der Waals surface area contributed by atoms with Gasteiger partial charge in [0.2, 0.25) is 0 Å². The third-order valence-electron chi connectivity index (χ3n) is 1.87. The van der Waals surface area contributed by atoms with Crippen molar-refractivity contribution in [2.24, 2.45) is 0 Å². The van der Waals surface area contributed by atoms with Crippen LogP contribution in [0.5, 0.6) is 0 Å². The average molecular weight is 225 g/mol. The Hall–Kier alpha value is -0.610. The van der Waals surface area contributed by atoms with Gasteiger partial charge >= 0.3 is 0 Å². The maximum atomic E-state index is 5.58. The van der Waals surface area contributed by atoms with Gasteiger partial charge in [-0.05, 0) is 25.3 Å². The second kappa shape index (κ2) is 4.28. The van der Waals surface area contributed by atoms with Gasteiger partial charge in [-0.3, -0.25) is 0 Å². The lowest BCUT2D eigenvalue weighted by atomic mass is 10.3. The van der Waals surface area contributed by atoms with Crippen LogP contribution < -0.4 is 0 Å². The van der Waals surface area contributed by atoms with E-state index >= 15 is 0 Å². The van der Waals surface area contributed by atoms with Crippen molar-refractivity contribution < 1.29 is 4.42 Å². The highest BCUT2D eigenvalue weighted by molar-refractivity contribution is 8.16. The fourth-order valence-electron chi connectivity index (χ4n) is 1.09. The highest BCUT2D eigenvalue weighted by Gasteiger charge is 2.09. The lowest BCUT2D eigenvalue weighted by molar-refractivity contribution is 0.489. The number of oxazole rings is 1. The molecule has 1 atom stereocenters. The predicted molar refractivity (Wildman–Crippen MR) is 62.8 cm³/mol. The van der Waals surface area contributed by atoms with Gasteiger partial charge in [-0.25, -0.2) is 4.98 Å². The van der Waals surface area contributed by atoms with Crippen LogP contribution in [0, 0.1) is 0 Å². The van der Waals surface area contributed by atoms with Crippen molar-refractivity contribution in [3.8, 4) is 0 Å². The van der Waals surface area contributed by atoms with Crippen LogP contribution in [0.4, 0.5) is 0 Å². The zero-order valence-corrected chi connectivity index (χ0v) is 9.69. The summed E-state index contributed by atoms with van der Waals surface area (Å²) in [4.78, 5) is 4.38. The predicted octanol–water partition coefficient (Wildman–Crippen LogP) is 3.63. The van der Waals surface area contributed by atoms with Crippen LogP contribution >= 0.6 is 23.5 Å². The van der Waals surface area contributed by atoms with Crippen LogP contribution in [-0.2, 0) is 0 Å². The SMILES string of the molecule is CSC(C)Sc1nc2ccccc2o1. The molecule has 0 amide bonds. The van der Waals surface area contributed by atoms with Crippen molar-refractivity contribution in [1.29, 1.82) is 0 Å². The molecule has 0 N–H and O–H groups in total. The van der Waals surface area contributed by atoms with E-state index in [2.05, 4.69) is 18.2 Å². The Balaban J connectivity index is 2.27. The number of fused-ring (bicyclic) bond motifs is 1. The van der Waals surface area contributed by atoms with E-state index in [1.165, 1.54) is 0 Å². The molecule has 2 rings (SSSR count). The van der Waals surface area contributed by atoms with E-state index in [0.29, 0.717) is 4.58 Å². The van der Waals surface area contributed by atoms with Crippen LogP contribution in [0.15, 0.2) is 33.9 Å². The minimum Gasteiger partial charge on any atom is -0.431 e. The summed E-state index contributed by atoms with van der Waals surface area (Å²) in [6.07, 6.45) is 2.08. The van der Waals surface area contributed by atoms with Crippen molar-refractivity contribution >= 4 is 34.6 Å². The maximum absolute atomic E-state index is 5.58. The minimum absolute atomic E-state index is 0.475. The number of hydrogen-bond donors (Lipinski definition) is 0. The van der Waals surface area contributed by atoms with Gasteiger partial charge in [0.15, 0.2) is 5.58 Å². The van der Waals surface area contributed by atoms with E-state index in [-0.39, 0.29) is 0 Å². The van der Waals surface area contributed by atoms with E-state index in [1.807, 2.05) is 24.3 Å². The molecule has 1 unspecified atom stereocenters. The molecule has 0 bridgehead atoms. The number of aromatic nitrogens is 1. The molecule has 0 fully saturated rings. The molecule has 0 spiro atoms. The summed E-state index contributed by atoms with van der Waals surface area (Å²) in [5.41, 5.74) is 1.80. The van der Waals surface area contributed by atoms with E-state index in [9.17, 15) is 0 Å². The number of nitrogens with zero attached hydrogens (tertiary/aromatic N) is 1. The number of rotatable bonds is 3. The number of thioether (sulfide) groups is 2. The summed E-state index contributed by atoms with van der Waals surface area (Å²) < 4.78 is 6.05. The minimum atomic E-state index is 0.475. The summed E-state index contributed by atoms with van der Waals surface area (Å²) in [5, 5.41) is 0.757. The number of hydrogen-bond acceptors (Lipinski definition) is 4. The van der Waals surface area contributed by atoms with Crippen molar-refractivity contribution in [2.45, 2.75) is 16.7 Å². The Morgan fingerprint density at radius 1 is 1.36 bits per heavy atom. The first-order valence-electron chi connectivity index (χ1n) is 4.34. The molecule has 0 aliphatic heterocycles. The zero-order valence-electron chi connectivity index (χ0n) is 8.06. The summed E-state index contributed by atoms with van der Waals surface area (Å²) in [6, 6.07) is 7.83. The topological polar surface area (TPSA) is 26.0 Å². The largest absolute Gasteiger partial charge is 0.431 e.